The normalized spacial score (nSPS) is 10.9. The maximum Gasteiger partial charge on any atom is 0.252 e. The van der Waals surface area contributed by atoms with Gasteiger partial charge in [0.15, 0.2) is 11.5 Å². The number of aromatic nitrogens is 1. The lowest BCUT2D eigenvalue weighted by Gasteiger charge is -2.14. The first-order valence-electron chi connectivity index (χ1n) is 9.09. The molecule has 6 heteroatoms. The molecule has 0 aliphatic rings. The SMILES string of the molecule is COc1cc(CNCc2cc3c(C)cc(C)cc3[nH]c2=O)cc(OC)c1OC. The first-order chi connectivity index (χ1) is 13.5. The van der Waals surface area contributed by atoms with Gasteiger partial charge in [-0.15, -0.1) is 0 Å². The highest BCUT2D eigenvalue weighted by Gasteiger charge is 2.13. The van der Waals surface area contributed by atoms with Gasteiger partial charge in [-0.3, -0.25) is 4.79 Å². The van der Waals surface area contributed by atoms with E-state index in [1.807, 2.05) is 31.2 Å². The number of H-pyrrole nitrogens is 1. The Morgan fingerprint density at radius 1 is 0.893 bits per heavy atom. The fraction of sp³-hybridized carbons (Fsp3) is 0.318. The fourth-order valence-corrected chi connectivity index (χ4v) is 3.43. The first kappa shape index (κ1) is 19.8. The zero-order chi connectivity index (χ0) is 20.3. The van der Waals surface area contributed by atoms with Crippen LogP contribution in [0.3, 0.4) is 0 Å². The number of rotatable bonds is 7. The Hall–Kier alpha value is -2.99. The van der Waals surface area contributed by atoms with Gasteiger partial charge in [0.2, 0.25) is 5.75 Å². The predicted octanol–water partition coefficient (Wildman–Crippen LogP) is 3.46. The maximum absolute atomic E-state index is 12.4. The summed E-state index contributed by atoms with van der Waals surface area (Å²) in [7, 11) is 4.76. The van der Waals surface area contributed by atoms with Crippen LogP contribution < -0.4 is 25.1 Å². The Morgan fingerprint density at radius 3 is 2.18 bits per heavy atom. The summed E-state index contributed by atoms with van der Waals surface area (Å²) in [5.41, 5.74) is 4.75. The second-order valence-electron chi connectivity index (χ2n) is 6.80. The van der Waals surface area contributed by atoms with Crippen molar-refractivity contribution in [2.45, 2.75) is 26.9 Å². The van der Waals surface area contributed by atoms with E-state index in [9.17, 15) is 4.79 Å². The maximum atomic E-state index is 12.4. The highest BCUT2D eigenvalue weighted by atomic mass is 16.5. The van der Waals surface area contributed by atoms with Gasteiger partial charge in [-0.25, -0.2) is 0 Å². The molecule has 0 aliphatic carbocycles. The number of benzene rings is 2. The average molecular weight is 382 g/mol. The molecule has 0 unspecified atom stereocenters. The summed E-state index contributed by atoms with van der Waals surface area (Å²) in [6.07, 6.45) is 0. The van der Waals surface area contributed by atoms with Crippen LogP contribution in [0.25, 0.3) is 10.9 Å². The molecule has 0 aliphatic heterocycles. The molecular weight excluding hydrogens is 356 g/mol. The minimum absolute atomic E-state index is 0.0742. The van der Waals surface area contributed by atoms with Crippen LogP contribution in [0.2, 0.25) is 0 Å². The number of ether oxygens (including phenoxy) is 3. The topological polar surface area (TPSA) is 72.6 Å². The highest BCUT2D eigenvalue weighted by molar-refractivity contribution is 5.83. The van der Waals surface area contributed by atoms with Crippen LogP contribution in [-0.2, 0) is 13.1 Å². The van der Waals surface area contributed by atoms with Crippen LogP contribution in [0.1, 0.15) is 22.3 Å². The molecule has 28 heavy (non-hydrogen) atoms. The van der Waals surface area contributed by atoms with E-state index in [4.69, 9.17) is 14.2 Å². The van der Waals surface area contributed by atoms with Gasteiger partial charge < -0.3 is 24.5 Å². The standard InChI is InChI=1S/C22H26N2O4/c1-13-6-14(2)17-10-16(22(25)24-18(17)7-13)12-23-11-15-8-19(26-3)21(28-5)20(9-15)27-4/h6-10,23H,11-12H2,1-5H3,(H,24,25). The molecule has 3 aromatic rings. The quantitative estimate of drug-likeness (QED) is 0.655. The minimum atomic E-state index is -0.0742. The van der Waals surface area contributed by atoms with Crippen molar-refractivity contribution < 1.29 is 14.2 Å². The van der Waals surface area contributed by atoms with Gasteiger partial charge in [-0.05, 0) is 54.8 Å². The zero-order valence-electron chi connectivity index (χ0n) is 16.9. The summed E-state index contributed by atoms with van der Waals surface area (Å²) in [6.45, 7) is 5.09. The van der Waals surface area contributed by atoms with Gasteiger partial charge in [0.1, 0.15) is 0 Å². The third-order valence-electron chi connectivity index (χ3n) is 4.76. The number of methoxy groups -OCH3 is 3. The van der Waals surface area contributed by atoms with E-state index >= 15 is 0 Å². The Kier molecular flexibility index (Phi) is 5.90. The predicted molar refractivity (Wildman–Crippen MR) is 111 cm³/mol. The van der Waals surface area contributed by atoms with Crippen LogP contribution in [-0.4, -0.2) is 26.3 Å². The summed E-state index contributed by atoms with van der Waals surface area (Å²) < 4.78 is 16.1. The molecular formula is C22H26N2O4. The minimum Gasteiger partial charge on any atom is -0.493 e. The van der Waals surface area contributed by atoms with E-state index in [0.29, 0.717) is 35.9 Å². The van der Waals surface area contributed by atoms with E-state index < -0.39 is 0 Å². The average Bonchev–Trinajstić information content (AvgIpc) is 2.67. The third-order valence-corrected chi connectivity index (χ3v) is 4.76. The highest BCUT2D eigenvalue weighted by Crippen LogP contribution is 2.38. The number of hydrogen-bond donors (Lipinski definition) is 2. The molecule has 1 aromatic heterocycles. The summed E-state index contributed by atoms with van der Waals surface area (Å²) in [5, 5.41) is 4.39. The molecule has 0 amide bonds. The van der Waals surface area contributed by atoms with Gasteiger partial charge in [0.25, 0.3) is 5.56 Å². The number of aromatic amines is 1. The fourth-order valence-electron chi connectivity index (χ4n) is 3.43. The summed E-state index contributed by atoms with van der Waals surface area (Å²) in [5.74, 6) is 1.77. The number of hydrogen-bond acceptors (Lipinski definition) is 5. The largest absolute Gasteiger partial charge is 0.493 e. The van der Waals surface area contributed by atoms with Gasteiger partial charge in [0.05, 0.1) is 21.3 Å². The van der Waals surface area contributed by atoms with E-state index in [-0.39, 0.29) is 5.56 Å². The van der Waals surface area contributed by atoms with Gasteiger partial charge in [0, 0.05) is 29.6 Å². The smallest absolute Gasteiger partial charge is 0.252 e. The molecule has 148 valence electrons. The lowest BCUT2D eigenvalue weighted by molar-refractivity contribution is 0.323. The molecule has 0 atom stereocenters. The Balaban J connectivity index is 1.80. The Morgan fingerprint density at radius 2 is 1.57 bits per heavy atom. The molecule has 2 N–H and O–H groups in total. The number of fused-ring (bicyclic) bond motifs is 1. The van der Waals surface area contributed by atoms with Gasteiger partial charge >= 0.3 is 0 Å². The van der Waals surface area contributed by atoms with Crippen molar-refractivity contribution in [1.29, 1.82) is 0 Å². The first-order valence-corrected chi connectivity index (χ1v) is 9.09. The molecule has 0 saturated heterocycles. The Bertz CT molecular complexity index is 1030. The molecule has 1 heterocycles. The van der Waals surface area contributed by atoms with Crippen LogP contribution in [0, 0.1) is 13.8 Å². The molecule has 0 saturated carbocycles. The lowest BCUT2D eigenvalue weighted by Crippen LogP contribution is -2.21. The number of pyridine rings is 1. The van der Waals surface area contributed by atoms with Crippen LogP contribution in [0.4, 0.5) is 0 Å². The second kappa shape index (κ2) is 8.35. The second-order valence-corrected chi connectivity index (χ2v) is 6.80. The summed E-state index contributed by atoms with van der Waals surface area (Å²) in [4.78, 5) is 15.4. The van der Waals surface area contributed by atoms with Crippen LogP contribution in [0.15, 0.2) is 35.1 Å². The van der Waals surface area contributed by atoms with E-state index in [2.05, 4.69) is 23.3 Å². The molecule has 3 rings (SSSR count). The van der Waals surface area contributed by atoms with Crippen molar-refractivity contribution in [2.24, 2.45) is 0 Å². The third kappa shape index (κ3) is 3.97. The van der Waals surface area contributed by atoms with Crippen molar-refractivity contribution in [1.82, 2.24) is 10.3 Å². The lowest BCUT2D eigenvalue weighted by atomic mass is 10.0. The molecule has 0 spiro atoms. The number of aryl methyl sites for hydroxylation is 2. The van der Waals surface area contributed by atoms with E-state index in [0.717, 1.165) is 27.6 Å². The van der Waals surface area contributed by atoms with E-state index in [1.54, 1.807) is 21.3 Å². The summed E-state index contributed by atoms with van der Waals surface area (Å²) >= 11 is 0. The molecule has 6 nitrogen and oxygen atoms in total. The van der Waals surface area contributed by atoms with Crippen LogP contribution in [0.5, 0.6) is 17.2 Å². The van der Waals surface area contributed by atoms with Crippen molar-refractivity contribution >= 4 is 10.9 Å². The van der Waals surface area contributed by atoms with Crippen molar-refractivity contribution in [3.05, 3.63) is 62.9 Å². The van der Waals surface area contributed by atoms with Crippen LogP contribution >= 0.6 is 0 Å². The zero-order valence-corrected chi connectivity index (χ0v) is 16.9. The molecule has 0 fully saturated rings. The number of nitrogens with one attached hydrogen (secondary N) is 2. The van der Waals surface area contributed by atoms with Crippen molar-refractivity contribution in [3.63, 3.8) is 0 Å². The van der Waals surface area contributed by atoms with Gasteiger partial charge in [-0.2, -0.15) is 0 Å². The molecule has 0 radical (unpaired) electrons. The van der Waals surface area contributed by atoms with Gasteiger partial charge in [-0.1, -0.05) is 6.07 Å². The van der Waals surface area contributed by atoms with Crippen molar-refractivity contribution in [2.75, 3.05) is 21.3 Å². The Labute approximate surface area is 164 Å². The van der Waals surface area contributed by atoms with Crippen molar-refractivity contribution in [3.8, 4) is 17.2 Å². The van der Waals surface area contributed by atoms with E-state index in [1.165, 1.54) is 0 Å². The summed E-state index contributed by atoms with van der Waals surface area (Å²) in [6, 6.07) is 9.87. The molecule has 2 aromatic carbocycles. The molecule has 0 bridgehead atoms. The monoisotopic (exact) mass is 382 g/mol.